The summed E-state index contributed by atoms with van der Waals surface area (Å²) in [4.78, 5) is 0. The summed E-state index contributed by atoms with van der Waals surface area (Å²) < 4.78 is 25.9. The van der Waals surface area contributed by atoms with Gasteiger partial charge in [-0.15, -0.1) is 0 Å². The Kier molecular flexibility index (Phi) is 13.6. The molecule has 0 aliphatic rings. The Morgan fingerprint density at radius 2 is 0.385 bits per heavy atom. The second-order valence-electron chi connectivity index (χ2n) is 27.2. The van der Waals surface area contributed by atoms with Crippen LogP contribution in [-0.2, 0) is 0 Å². The molecule has 0 N–H and O–H groups in total. The predicted molar refractivity (Wildman–Crippen MR) is 436 cm³/mol. The van der Waals surface area contributed by atoms with Crippen LogP contribution in [0.15, 0.2) is 382 Å². The molecule has 22 aromatic rings. The summed E-state index contributed by atoms with van der Waals surface area (Å²) in [6.07, 6.45) is 0. The molecule has 0 saturated carbocycles. The first-order chi connectivity index (χ1) is 51.6. The molecule has 0 radical (unpaired) electrons. The van der Waals surface area contributed by atoms with E-state index in [2.05, 4.69) is 328 Å². The lowest BCUT2D eigenvalue weighted by molar-refractivity contribution is 0.668. The van der Waals surface area contributed by atoms with E-state index in [1.54, 1.807) is 0 Å². The highest BCUT2D eigenvalue weighted by atomic mass is 16.3. The monoisotopic (exact) mass is 1320 g/mol. The Labute approximate surface area is 597 Å². The summed E-state index contributed by atoms with van der Waals surface area (Å²) >= 11 is 0. The van der Waals surface area contributed by atoms with Crippen LogP contribution in [0.1, 0.15) is 0 Å². The molecule has 0 spiro atoms. The molecule has 4 heteroatoms. The number of para-hydroxylation sites is 6. The zero-order valence-electron chi connectivity index (χ0n) is 56.3. The standard InChI is InChI=1S/2C50H30O2/c1-2-12-31(13-3-1)32-26-28-33(29-27-32)48-38-18-8-16-34(40-20-10-22-42-36-14-4-6-24-46(36)51-49(40)42)44(38)30-45-35(17-9-19-39(45)48)41-21-11-23-43-37-15-5-7-25-47(37)52-50(41)43;1-2-10-31(11-3-1)32-20-22-33(23-21-32)50-42-16-8-14-36(34-24-26-40-38-12-4-6-18-46(38)51-48(40)28-34)44(42)30-45-37(15-9-17-43(45)50)35-25-27-41-39-13-5-7-19-47(39)52-49(41)29-35/h2*1-30H. The van der Waals surface area contributed by atoms with Crippen LogP contribution in [0.2, 0.25) is 0 Å². The van der Waals surface area contributed by atoms with Gasteiger partial charge in [0, 0.05) is 54.2 Å². The first kappa shape index (κ1) is 59.1. The van der Waals surface area contributed by atoms with Gasteiger partial charge < -0.3 is 17.7 Å². The van der Waals surface area contributed by atoms with Crippen molar-refractivity contribution in [3.63, 3.8) is 0 Å². The van der Waals surface area contributed by atoms with Crippen LogP contribution in [0.4, 0.5) is 0 Å². The van der Waals surface area contributed by atoms with Crippen LogP contribution in [0, 0.1) is 0 Å². The van der Waals surface area contributed by atoms with Crippen molar-refractivity contribution in [1.29, 1.82) is 0 Å². The highest BCUT2D eigenvalue weighted by Crippen LogP contribution is 2.49. The molecule has 18 aromatic carbocycles. The highest BCUT2D eigenvalue weighted by molar-refractivity contribution is 6.24. The van der Waals surface area contributed by atoms with Crippen molar-refractivity contribution >= 4 is 131 Å². The molecule has 104 heavy (non-hydrogen) atoms. The van der Waals surface area contributed by atoms with E-state index in [0.717, 1.165) is 121 Å². The Bertz CT molecular complexity index is 6850. The van der Waals surface area contributed by atoms with Gasteiger partial charge in [0.25, 0.3) is 0 Å². The summed E-state index contributed by atoms with van der Waals surface area (Å²) in [5.74, 6) is 0. The fraction of sp³-hybridized carbons (Fsp3) is 0. The Morgan fingerprint density at radius 3 is 0.769 bits per heavy atom. The molecule has 0 atom stereocenters. The van der Waals surface area contributed by atoms with E-state index in [1.807, 2.05) is 36.4 Å². The fourth-order valence-corrected chi connectivity index (χ4v) is 16.6. The minimum Gasteiger partial charge on any atom is -0.456 e. The second kappa shape index (κ2) is 24.0. The van der Waals surface area contributed by atoms with Crippen molar-refractivity contribution in [3.8, 4) is 89.0 Å². The number of hydrogen-bond donors (Lipinski definition) is 0. The molecular weight excluding hydrogens is 1270 g/mol. The average molecular weight is 1330 g/mol. The van der Waals surface area contributed by atoms with E-state index in [9.17, 15) is 0 Å². The molecule has 22 rings (SSSR count). The molecule has 4 aromatic heterocycles. The molecular formula is C100H60O4. The van der Waals surface area contributed by atoms with Crippen molar-refractivity contribution < 1.29 is 17.7 Å². The topological polar surface area (TPSA) is 52.6 Å². The Balaban J connectivity index is 0.000000134. The molecule has 4 nitrogen and oxygen atoms in total. The molecule has 0 fully saturated rings. The zero-order valence-corrected chi connectivity index (χ0v) is 56.3. The molecule has 4 heterocycles. The lowest BCUT2D eigenvalue weighted by atomic mass is 9.85. The van der Waals surface area contributed by atoms with Crippen molar-refractivity contribution in [2.24, 2.45) is 0 Å². The predicted octanol–water partition coefficient (Wildman–Crippen LogP) is 28.9. The number of rotatable bonds is 8. The third-order valence-electron chi connectivity index (χ3n) is 21.4. The molecule has 484 valence electrons. The maximum Gasteiger partial charge on any atom is 0.143 e. The minimum absolute atomic E-state index is 0.896. The van der Waals surface area contributed by atoms with Crippen molar-refractivity contribution in [2.45, 2.75) is 0 Å². The fourth-order valence-electron chi connectivity index (χ4n) is 16.6. The molecule has 0 saturated heterocycles. The lowest BCUT2D eigenvalue weighted by Gasteiger charge is -2.18. The molecule has 0 amide bonds. The maximum atomic E-state index is 6.60. The van der Waals surface area contributed by atoms with Crippen molar-refractivity contribution in [3.05, 3.63) is 364 Å². The summed E-state index contributed by atoms with van der Waals surface area (Å²) in [6.45, 7) is 0. The van der Waals surface area contributed by atoms with Crippen LogP contribution in [0.25, 0.3) is 220 Å². The zero-order chi connectivity index (χ0) is 68.3. The first-order valence-corrected chi connectivity index (χ1v) is 35.5. The lowest BCUT2D eigenvalue weighted by Crippen LogP contribution is -1.91. The van der Waals surface area contributed by atoms with Crippen molar-refractivity contribution in [1.82, 2.24) is 0 Å². The summed E-state index contributed by atoms with van der Waals surface area (Å²) in [6, 6.07) is 130. The summed E-state index contributed by atoms with van der Waals surface area (Å²) in [5.41, 5.74) is 25.9. The Hall–Kier alpha value is -13.8. The van der Waals surface area contributed by atoms with E-state index >= 15 is 0 Å². The summed E-state index contributed by atoms with van der Waals surface area (Å²) in [5, 5.41) is 18.6. The average Bonchev–Trinajstić information content (AvgIpc) is 0.752. The molecule has 0 aliphatic heterocycles. The first-order valence-electron chi connectivity index (χ1n) is 35.5. The normalized spacial score (nSPS) is 11.8. The van der Waals surface area contributed by atoms with Crippen LogP contribution in [0.5, 0.6) is 0 Å². The van der Waals surface area contributed by atoms with Crippen LogP contribution in [0.3, 0.4) is 0 Å². The largest absolute Gasteiger partial charge is 0.456 e. The van der Waals surface area contributed by atoms with Gasteiger partial charge in [-0.3, -0.25) is 0 Å². The quantitative estimate of drug-likeness (QED) is 0.142. The molecule has 0 bridgehead atoms. The van der Waals surface area contributed by atoms with Gasteiger partial charge in [-0.05, 0) is 182 Å². The van der Waals surface area contributed by atoms with Crippen LogP contribution >= 0.6 is 0 Å². The number of hydrogen-bond acceptors (Lipinski definition) is 4. The minimum atomic E-state index is 0.896. The van der Waals surface area contributed by atoms with Crippen LogP contribution in [-0.4, -0.2) is 0 Å². The van der Waals surface area contributed by atoms with E-state index in [4.69, 9.17) is 17.7 Å². The van der Waals surface area contributed by atoms with E-state index in [0.29, 0.717) is 0 Å². The molecule has 0 unspecified atom stereocenters. The third-order valence-corrected chi connectivity index (χ3v) is 21.4. The summed E-state index contributed by atoms with van der Waals surface area (Å²) in [7, 11) is 0. The smallest absolute Gasteiger partial charge is 0.143 e. The van der Waals surface area contributed by atoms with E-state index in [1.165, 1.54) is 98.7 Å². The van der Waals surface area contributed by atoms with E-state index < -0.39 is 0 Å². The van der Waals surface area contributed by atoms with Crippen LogP contribution < -0.4 is 0 Å². The maximum absolute atomic E-state index is 6.60. The van der Waals surface area contributed by atoms with Gasteiger partial charge in [-0.1, -0.05) is 303 Å². The molecule has 0 aliphatic carbocycles. The van der Waals surface area contributed by atoms with Gasteiger partial charge in [-0.25, -0.2) is 0 Å². The van der Waals surface area contributed by atoms with Gasteiger partial charge in [0.05, 0.1) is 0 Å². The van der Waals surface area contributed by atoms with E-state index in [-0.39, 0.29) is 0 Å². The number of furan rings is 4. The van der Waals surface area contributed by atoms with Gasteiger partial charge >= 0.3 is 0 Å². The third kappa shape index (κ3) is 9.61. The second-order valence-corrected chi connectivity index (χ2v) is 27.2. The van der Waals surface area contributed by atoms with Gasteiger partial charge in [0.2, 0.25) is 0 Å². The van der Waals surface area contributed by atoms with Gasteiger partial charge in [-0.2, -0.15) is 0 Å². The highest BCUT2D eigenvalue weighted by Gasteiger charge is 2.23. The number of benzene rings is 18. The Morgan fingerprint density at radius 1 is 0.125 bits per heavy atom. The van der Waals surface area contributed by atoms with Crippen molar-refractivity contribution in [2.75, 3.05) is 0 Å². The van der Waals surface area contributed by atoms with Gasteiger partial charge in [0.1, 0.15) is 44.7 Å². The SMILES string of the molecule is c1ccc(-c2ccc(-c3c4cccc(-c5ccc6c(c5)oc5ccccc56)c4cc4c(-c5ccc6c(c5)oc5ccccc56)cccc34)cc2)cc1.c1ccc(-c2ccc(-c3c4cccc(-c5cccc6c5oc5ccccc56)c4cc4c(-c5cccc6c5oc5ccccc56)cccc34)cc2)cc1. The van der Waals surface area contributed by atoms with Gasteiger partial charge in [0.15, 0.2) is 0 Å². The number of fused-ring (bicyclic) bond motifs is 16.